The molecule has 0 aromatic carbocycles. The number of aryl methyl sites for hydroxylation is 1. The maximum atomic E-state index is 3.61. The molecule has 2 nitrogen and oxygen atoms in total. The number of thiophene rings is 1. The zero-order valence-corrected chi connectivity index (χ0v) is 9.33. The summed E-state index contributed by atoms with van der Waals surface area (Å²) >= 11 is 1.77. The zero-order chi connectivity index (χ0) is 10.1. The molecule has 3 rings (SSSR count). The maximum absolute atomic E-state index is 3.61. The van der Waals surface area contributed by atoms with Crippen LogP contribution in [0.1, 0.15) is 23.7 Å². The van der Waals surface area contributed by atoms with E-state index in [9.17, 15) is 0 Å². The zero-order valence-electron chi connectivity index (χ0n) is 8.52. The lowest BCUT2D eigenvalue weighted by Crippen LogP contribution is -2.21. The number of nitrogens with one attached hydrogen (secondary N) is 1. The SMILES string of the molecule is c1cc2n(c1)CCCNC2c1ccsc1. The molecule has 15 heavy (non-hydrogen) atoms. The molecule has 3 heteroatoms. The quantitative estimate of drug-likeness (QED) is 0.778. The summed E-state index contributed by atoms with van der Waals surface area (Å²) < 4.78 is 2.36. The first kappa shape index (κ1) is 9.19. The van der Waals surface area contributed by atoms with Crippen LogP contribution in [0.25, 0.3) is 0 Å². The number of hydrogen-bond acceptors (Lipinski definition) is 2. The van der Waals surface area contributed by atoms with E-state index in [1.807, 2.05) is 0 Å². The van der Waals surface area contributed by atoms with Crippen LogP contribution in [0.2, 0.25) is 0 Å². The van der Waals surface area contributed by atoms with Gasteiger partial charge in [0.1, 0.15) is 0 Å². The molecular formula is C12H14N2S. The maximum Gasteiger partial charge on any atom is 0.0739 e. The summed E-state index contributed by atoms with van der Waals surface area (Å²) in [6.07, 6.45) is 3.39. The summed E-state index contributed by atoms with van der Waals surface area (Å²) in [4.78, 5) is 0. The van der Waals surface area contributed by atoms with E-state index >= 15 is 0 Å². The Morgan fingerprint density at radius 1 is 1.40 bits per heavy atom. The molecular weight excluding hydrogens is 204 g/mol. The van der Waals surface area contributed by atoms with E-state index in [-0.39, 0.29) is 0 Å². The first-order chi connectivity index (χ1) is 7.45. The van der Waals surface area contributed by atoms with Crippen molar-refractivity contribution in [2.24, 2.45) is 0 Å². The molecule has 1 aliphatic rings. The Balaban J connectivity index is 2.03. The van der Waals surface area contributed by atoms with Crippen molar-refractivity contribution in [1.29, 1.82) is 0 Å². The molecule has 1 unspecified atom stereocenters. The average Bonchev–Trinajstić information content (AvgIpc) is 2.88. The van der Waals surface area contributed by atoms with Gasteiger partial charge in [-0.1, -0.05) is 0 Å². The van der Waals surface area contributed by atoms with Crippen molar-refractivity contribution in [3.8, 4) is 0 Å². The summed E-state index contributed by atoms with van der Waals surface area (Å²) in [5.74, 6) is 0. The van der Waals surface area contributed by atoms with Gasteiger partial charge in [-0.05, 0) is 47.5 Å². The van der Waals surface area contributed by atoms with E-state index in [1.165, 1.54) is 17.7 Å². The Morgan fingerprint density at radius 3 is 3.27 bits per heavy atom. The largest absolute Gasteiger partial charge is 0.350 e. The van der Waals surface area contributed by atoms with Crippen LogP contribution in [-0.4, -0.2) is 11.1 Å². The van der Waals surface area contributed by atoms with Gasteiger partial charge in [0.15, 0.2) is 0 Å². The number of aromatic nitrogens is 1. The topological polar surface area (TPSA) is 17.0 Å². The Labute approximate surface area is 93.6 Å². The molecule has 1 atom stereocenters. The highest BCUT2D eigenvalue weighted by atomic mass is 32.1. The highest BCUT2D eigenvalue weighted by Crippen LogP contribution is 2.26. The van der Waals surface area contributed by atoms with E-state index < -0.39 is 0 Å². The molecule has 0 aliphatic carbocycles. The third-order valence-corrected chi connectivity index (χ3v) is 3.66. The van der Waals surface area contributed by atoms with E-state index in [2.05, 4.69) is 45.0 Å². The minimum absolute atomic E-state index is 0.383. The van der Waals surface area contributed by atoms with Gasteiger partial charge in [-0.2, -0.15) is 11.3 Å². The van der Waals surface area contributed by atoms with Gasteiger partial charge in [-0.3, -0.25) is 0 Å². The van der Waals surface area contributed by atoms with Crippen LogP contribution >= 0.6 is 11.3 Å². The molecule has 2 aromatic rings. The van der Waals surface area contributed by atoms with E-state index in [1.54, 1.807) is 11.3 Å². The number of rotatable bonds is 1. The normalized spacial score (nSPS) is 20.9. The monoisotopic (exact) mass is 218 g/mol. The minimum atomic E-state index is 0.383. The Morgan fingerprint density at radius 2 is 2.40 bits per heavy atom. The lowest BCUT2D eigenvalue weighted by Gasteiger charge is -2.15. The fourth-order valence-corrected chi connectivity index (χ4v) is 2.91. The van der Waals surface area contributed by atoms with Gasteiger partial charge in [0.05, 0.1) is 6.04 Å². The van der Waals surface area contributed by atoms with E-state index in [0.29, 0.717) is 6.04 Å². The standard InChI is InChI=1S/C12H14N2S/c1-3-11-12(10-4-8-15-9-10)13-5-2-7-14(11)6-1/h1,3-4,6,8-9,12-13H,2,5,7H2. The van der Waals surface area contributed by atoms with Gasteiger partial charge in [-0.15, -0.1) is 0 Å². The van der Waals surface area contributed by atoms with Crippen molar-refractivity contribution in [1.82, 2.24) is 9.88 Å². The second kappa shape index (κ2) is 3.83. The summed E-state index contributed by atoms with van der Waals surface area (Å²) in [6, 6.07) is 6.96. The fourth-order valence-electron chi connectivity index (χ4n) is 2.22. The molecule has 0 radical (unpaired) electrons. The first-order valence-corrected chi connectivity index (χ1v) is 6.30. The summed E-state index contributed by atoms with van der Waals surface area (Å²) in [5, 5.41) is 8.00. The Kier molecular flexibility index (Phi) is 2.35. The predicted octanol–water partition coefficient (Wildman–Crippen LogP) is 2.63. The lowest BCUT2D eigenvalue weighted by molar-refractivity contribution is 0.610. The van der Waals surface area contributed by atoms with Gasteiger partial charge >= 0.3 is 0 Å². The number of fused-ring (bicyclic) bond motifs is 1. The first-order valence-electron chi connectivity index (χ1n) is 5.36. The van der Waals surface area contributed by atoms with Crippen LogP contribution in [0.5, 0.6) is 0 Å². The van der Waals surface area contributed by atoms with Crippen molar-refractivity contribution in [2.75, 3.05) is 6.54 Å². The van der Waals surface area contributed by atoms with Crippen molar-refractivity contribution >= 4 is 11.3 Å². The highest BCUT2D eigenvalue weighted by Gasteiger charge is 2.19. The molecule has 0 saturated carbocycles. The Bertz CT molecular complexity index is 430. The molecule has 1 aliphatic heterocycles. The van der Waals surface area contributed by atoms with Crippen LogP contribution in [0.3, 0.4) is 0 Å². The van der Waals surface area contributed by atoms with Crippen molar-refractivity contribution in [3.05, 3.63) is 46.4 Å². The van der Waals surface area contributed by atoms with Gasteiger partial charge in [0.25, 0.3) is 0 Å². The molecule has 0 fully saturated rings. The number of hydrogen-bond donors (Lipinski definition) is 1. The second-order valence-electron chi connectivity index (χ2n) is 3.92. The van der Waals surface area contributed by atoms with Crippen LogP contribution < -0.4 is 5.32 Å². The van der Waals surface area contributed by atoms with Crippen molar-refractivity contribution in [3.63, 3.8) is 0 Å². The lowest BCUT2D eigenvalue weighted by atomic mass is 10.1. The molecule has 0 amide bonds. The molecule has 0 spiro atoms. The average molecular weight is 218 g/mol. The smallest absolute Gasteiger partial charge is 0.0739 e. The molecule has 1 N–H and O–H groups in total. The van der Waals surface area contributed by atoms with E-state index in [4.69, 9.17) is 0 Å². The second-order valence-corrected chi connectivity index (χ2v) is 4.70. The third kappa shape index (κ3) is 1.62. The van der Waals surface area contributed by atoms with Crippen molar-refractivity contribution < 1.29 is 0 Å². The minimum Gasteiger partial charge on any atom is -0.350 e. The van der Waals surface area contributed by atoms with Gasteiger partial charge in [0, 0.05) is 18.4 Å². The predicted molar refractivity (Wildman–Crippen MR) is 63.2 cm³/mol. The Hall–Kier alpha value is -1.06. The van der Waals surface area contributed by atoms with Crippen molar-refractivity contribution in [2.45, 2.75) is 19.0 Å². The van der Waals surface area contributed by atoms with Gasteiger partial charge in [-0.25, -0.2) is 0 Å². The third-order valence-electron chi connectivity index (χ3n) is 2.96. The van der Waals surface area contributed by atoms with Crippen LogP contribution in [0.15, 0.2) is 35.2 Å². The van der Waals surface area contributed by atoms with Crippen LogP contribution in [0.4, 0.5) is 0 Å². The van der Waals surface area contributed by atoms with Crippen LogP contribution in [0, 0.1) is 0 Å². The fraction of sp³-hybridized carbons (Fsp3) is 0.333. The summed E-state index contributed by atoms with van der Waals surface area (Å²) in [6.45, 7) is 2.23. The van der Waals surface area contributed by atoms with E-state index in [0.717, 1.165) is 13.1 Å². The molecule has 78 valence electrons. The van der Waals surface area contributed by atoms with Gasteiger partial charge in [0.2, 0.25) is 0 Å². The van der Waals surface area contributed by atoms with Gasteiger partial charge < -0.3 is 9.88 Å². The molecule has 2 aromatic heterocycles. The highest BCUT2D eigenvalue weighted by molar-refractivity contribution is 7.08. The summed E-state index contributed by atoms with van der Waals surface area (Å²) in [5.41, 5.74) is 2.78. The molecule has 0 bridgehead atoms. The molecule has 0 saturated heterocycles. The molecule has 3 heterocycles. The van der Waals surface area contributed by atoms with Crippen LogP contribution in [-0.2, 0) is 6.54 Å². The summed E-state index contributed by atoms with van der Waals surface area (Å²) in [7, 11) is 0. The number of nitrogens with zero attached hydrogens (tertiary/aromatic N) is 1.